The minimum atomic E-state index is 0.346. The molecule has 1 N–H and O–H groups in total. The first kappa shape index (κ1) is 10.1. The Kier molecular flexibility index (Phi) is 2.37. The summed E-state index contributed by atoms with van der Waals surface area (Å²) in [4.78, 5) is 0. The van der Waals surface area contributed by atoms with Crippen molar-refractivity contribution in [1.29, 1.82) is 0 Å². The van der Waals surface area contributed by atoms with E-state index in [0.717, 1.165) is 25.4 Å². The van der Waals surface area contributed by atoms with Crippen LogP contribution < -0.4 is 10.1 Å². The van der Waals surface area contributed by atoms with E-state index in [1.165, 1.54) is 16.7 Å². The minimum absolute atomic E-state index is 0.346. The van der Waals surface area contributed by atoms with Gasteiger partial charge in [0.15, 0.2) is 0 Å². The van der Waals surface area contributed by atoms with E-state index in [1.54, 1.807) is 7.11 Å². The quantitative estimate of drug-likeness (QED) is 0.778. The Labute approximate surface area is 95.8 Å². The summed E-state index contributed by atoms with van der Waals surface area (Å²) in [6.45, 7) is 4.87. The first-order valence-electron chi connectivity index (χ1n) is 5.79. The summed E-state index contributed by atoms with van der Waals surface area (Å²) in [7, 11) is 1.73. The Morgan fingerprint density at radius 1 is 1.38 bits per heavy atom. The van der Waals surface area contributed by atoms with Gasteiger partial charge in [-0.05, 0) is 35.7 Å². The predicted molar refractivity (Wildman–Crippen MR) is 61.9 cm³/mol. The van der Waals surface area contributed by atoms with Crippen LogP contribution in [0.1, 0.15) is 22.6 Å². The lowest BCUT2D eigenvalue weighted by molar-refractivity contribution is 0.0295. The van der Waals surface area contributed by atoms with Gasteiger partial charge in [0.1, 0.15) is 5.75 Å². The van der Waals surface area contributed by atoms with Crippen molar-refractivity contribution in [2.24, 2.45) is 0 Å². The van der Waals surface area contributed by atoms with Gasteiger partial charge in [0, 0.05) is 19.0 Å². The van der Waals surface area contributed by atoms with Crippen molar-refractivity contribution >= 4 is 0 Å². The molecule has 0 aromatic heterocycles. The molecule has 3 nitrogen and oxygen atoms in total. The van der Waals surface area contributed by atoms with Gasteiger partial charge in [0.25, 0.3) is 0 Å². The van der Waals surface area contributed by atoms with Gasteiger partial charge in [-0.3, -0.25) is 0 Å². The lowest BCUT2D eigenvalue weighted by Crippen LogP contribution is -2.27. The van der Waals surface area contributed by atoms with E-state index in [9.17, 15) is 0 Å². The van der Waals surface area contributed by atoms with Crippen molar-refractivity contribution in [2.75, 3.05) is 20.2 Å². The smallest absolute Gasteiger partial charge is 0.119 e. The van der Waals surface area contributed by atoms with Crippen LogP contribution in [0.5, 0.6) is 5.75 Å². The highest BCUT2D eigenvalue weighted by Crippen LogP contribution is 2.37. The number of methoxy groups -OCH3 is 1. The van der Waals surface area contributed by atoms with Gasteiger partial charge in [-0.25, -0.2) is 0 Å². The van der Waals surface area contributed by atoms with Gasteiger partial charge in [0.2, 0.25) is 0 Å². The van der Waals surface area contributed by atoms with Crippen molar-refractivity contribution in [2.45, 2.75) is 25.6 Å². The van der Waals surface area contributed by atoms with Gasteiger partial charge < -0.3 is 14.8 Å². The second kappa shape index (κ2) is 3.75. The number of ether oxygens (including phenoxy) is 2. The number of rotatable bonds is 1. The number of nitrogens with one attached hydrogen (secondary N) is 1. The molecule has 0 radical (unpaired) electrons. The van der Waals surface area contributed by atoms with Gasteiger partial charge in [-0.2, -0.15) is 0 Å². The molecule has 1 saturated heterocycles. The average Bonchev–Trinajstić information content (AvgIpc) is 2.77. The van der Waals surface area contributed by atoms with Crippen molar-refractivity contribution in [3.05, 3.63) is 28.8 Å². The van der Waals surface area contributed by atoms with Crippen LogP contribution in [-0.4, -0.2) is 26.3 Å². The molecule has 0 spiro atoms. The van der Waals surface area contributed by atoms with E-state index >= 15 is 0 Å². The second-order valence-electron chi connectivity index (χ2n) is 4.63. The fourth-order valence-corrected chi connectivity index (χ4v) is 2.79. The molecular weight excluding hydrogens is 202 g/mol. The summed E-state index contributed by atoms with van der Waals surface area (Å²) in [5.41, 5.74) is 4.04. The van der Waals surface area contributed by atoms with Crippen LogP contribution >= 0.6 is 0 Å². The Balaban J connectivity index is 2.09. The van der Waals surface area contributed by atoms with Crippen LogP contribution in [0.3, 0.4) is 0 Å². The summed E-state index contributed by atoms with van der Waals surface area (Å²) >= 11 is 0. The van der Waals surface area contributed by atoms with Crippen molar-refractivity contribution in [1.82, 2.24) is 5.32 Å². The maximum Gasteiger partial charge on any atom is 0.119 e. The Morgan fingerprint density at radius 3 is 3.06 bits per heavy atom. The van der Waals surface area contributed by atoms with Crippen LogP contribution in [0.25, 0.3) is 0 Å². The topological polar surface area (TPSA) is 30.5 Å². The Morgan fingerprint density at radius 2 is 2.25 bits per heavy atom. The van der Waals surface area contributed by atoms with Gasteiger partial charge in [-0.1, -0.05) is 0 Å². The minimum Gasteiger partial charge on any atom is -0.497 e. The molecule has 2 heterocycles. The van der Waals surface area contributed by atoms with E-state index < -0.39 is 0 Å². The molecule has 2 aliphatic rings. The lowest BCUT2D eigenvalue weighted by Gasteiger charge is -2.29. The molecule has 1 fully saturated rings. The highest BCUT2D eigenvalue weighted by Gasteiger charge is 2.35. The molecule has 2 aliphatic heterocycles. The average molecular weight is 219 g/mol. The molecule has 0 amide bonds. The third-order valence-corrected chi connectivity index (χ3v) is 3.72. The van der Waals surface area contributed by atoms with Crippen LogP contribution in [0.2, 0.25) is 0 Å². The first-order chi connectivity index (χ1) is 7.79. The molecule has 86 valence electrons. The predicted octanol–water partition coefficient (Wildman–Crippen LogP) is 1.59. The molecule has 3 heteroatoms. The lowest BCUT2D eigenvalue weighted by atomic mass is 9.87. The molecular formula is C13H17NO2. The third-order valence-electron chi connectivity index (χ3n) is 3.72. The Bertz CT molecular complexity index is 417. The molecule has 1 unspecified atom stereocenters. The second-order valence-corrected chi connectivity index (χ2v) is 4.63. The van der Waals surface area contributed by atoms with Crippen LogP contribution in [0.15, 0.2) is 12.1 Å². The number of hydrogen-bond donors (Lipinski definition) is 1. The summed E-state index contributed by atoms with van der Waals surface area (Å²) in [6.07, 6.45) is 0.346. The van der Waals surface area contributed by atoms with E-state index in [2.05, 4.69) is 24.4 Å². The molecule has 16 heavy (non-hydrogen) atoms. The summed E-state index contributed by atoms with van der Waals surface area (Å²) in [6, 6.07) is 4.26. The zero-order valence-corrected chi connectivity index (χ0v) is 9.75. The van der Waals surface area contributed by atoms with E-state index in [-0.39, 0.29) is 0 Å². The van der Waals surface area contributed by atoms with Crippen molar-refractivity contribution in [3.63, 3.8) is 0 Å². The largest absolute Gasteiger partial charge is 0.497 e. The van der Waals surface area contributed by atoms with Crippen molar-refractivity contribution < 1.29 is 9.47 Å². The number of aryl methyl sites for hydroxylation is 1. The molecule has 3 rings (SSSR count). The zero-order chi connectivity index (χ0) is 11.1. The standard InChI is InChI=1S/C13H17NO2/c1-8-3-9(15-2)4-10-11-5-14-6-13(11)16-7-12(8)10/h3-4,11,13-14H,5-7H2,1-2H3/t11?,13-/m0/s1. The fourth-order valence-electron chi connectivity index (χ4n) is 2.79. The van der Waals surface area contributed by atoms with Gasteiger partial charge >= 0.3 is 0 Å². The van der Waals surface area contributed by atoms with E-state index in [1.807, 2.05) is 0 Å². The number of benzene rings is 1. The molecule has 0 bridgehead atoms. The van der Waals surface area contributed by atoms with Crippen LogP contribution in [0, 0.1) is 6.92 Å². The van der Waals surface area contributed by atoms with Gasteiger partial charge in [-0.15, -0.1) is 0 Å². The molecule has 0 aliphatic carbocycles. The highest BCUT2D eigenvalue weighted by atomic mass is 16.5. The number of hydrogen-bond acceptors (Lipinski definition) is 3. The normalized spacial score (nSPS) is 27.4. The summed E-state index contributed by atoms with van der Waals surface area (Å²) in [5, 5.41) is 3.40. The third kappa shape index (κ3) is 1.43. The SMILES string of the molecule is COc1cc(C)c2c(c1)C1CNC[C@@H]1OC2. The monoisotopic (exact) mass is 219 g/mol. The van der Waals surface area contributed by atoms with Gasteiger partial charge in [0.05, 0.1) is 19.8 Å². The highest BCUT2D eigenvalue weighted by molar-refractivity contribution is 5.45. The van der Waals surface area contributed by atoms with E-state index in [0.29, 0.717) is 12.0 Å². The molecule has 2 atom stereocenters. The molecule has 1 aromatic carbocycles. The Hall–Kier alpha value is -1.06. The van der Waals surface area contributed by atoms with Crippen LogP contribution in [-0.2, 0) is 11.3 Å². The van der Waals surface area contributed by atoms with Crippen LogP contribution in [0.4, 0.5) is 0 Å². The van der Waals surface area contributed by atoms with E-state index in [4.69, 9.17) is 9.47 Å². The molecule has 1 aromatic rings. The summed E-state index contributed by atoms with van der Waals surface area (Å²) < 4.78 is 11.2. The number of fused-ring (bicyclic) bond motifs is 3. The fraction of sp³-hybridized carbons (Fsp3) is 0.538. The van der Waals surface area contributed by atoms with Crippen molar-refractivity contribution in [3.8, 4) is 5.75 Å². The first-order valence-corrected chi connectivity index (χ1v) is 5.79. The maximum absolute atomic E-state index is 5.88. The molecule has 0 saturated carbocycles. The maximum atomic E-state index is 5.88. The summed E-state index contributed by atoms with van der Waals surface area (Å²) in [5.74, 6) is 1.46. The zero-order valence-electron chi connectivity index (χ0n) is 9.75.